The molecule has 1 saturated carbocycles. The monoisotopic (exact) mass is 301 g/mol. The average Bonchev–Trinajstić information content (AvgIpc) is 3.17. The van der Waals surface area contributed by atoms with E-state index in [0.29, 0.717) is 25.6 Å². The number of carbonyl (C=O) groups is 2. The Kier molecular flexibility index (Phi) is 4.71. The van der Waals surface area contributed by atoms with Crippen LogP contribution in [0.4, 0.5) is 0 Å². The van der Waals surface area contributed by atoms with Gasteiger partial charge >= 0.3 is 0 Å². The Hall–Kier alpha value is -1.91. The van der Waals surface area contributed by atoms with Gasteiger partial charge in [-0.1, -0.05) is 12.8 Å². The van der Waals surface area contributed by atoms with E-state index in [4.69, 9.17) is 0 Å². The SMILES string of the molecule is O=C(NCCc1ccncc1)[C@H]1CC(=O)N(C2CCCC2)C1. The summed E-state index contributed by atoms with van der Waals surface area (Å²) in [6, 6.07) is 4.28. The minimum absolute atomic E-state index is 0.0166. The Morgan fingerprint density at radius 3 is 2.73 bits per heavy atom. The largest absolute Gasteiger partial charge is 0.355 e. The van der Waals surface area contributed by atoms with E-state index < -0.39 is 0 Å². The van der Waals surface area contributed by atoms with E-state index in [1.54, 1.807) is 12.4 Å². The van der Waals surface area contributed by atoms with Gasteiger partial charge in [0.25, 0.3) is 0 Å². The number of rotatable bonds is 5. The van der Waals surface area contributed by atoms with Crippen molar-refractivity contribution in [2.75, 3.05) is 13.1 Å². The van der Waals surface area contributed by atoms with E-state index in [2.05, 4.69) is 10.3 Å². The van der Waals surface area contributed by atoms with Crippen LogP contribution in [0.2, 0.25) is 0 Å². The summed E-state index contributed by atoms with van der Waals surface area (Å²) in [5.74, 6) is -0.00498. The molecule has 0 aromatic carbocycles. The molecule has 0 unspecified atom stereocenters. The van der Waals surface area contributed by atoms with Crippen LogP contribution in [0, 0.1) is 5.92 Å². The zero-order valence-corrected chi connectivity index (χ0v) is 12.8. The molecule has 118 valence electrons. The van der Waals surface area contributed by atoms with Gasteiger partial charge in [-0.3, -0.25) is 14.6 Å². The molecular weight excluding hydrogens is 278 g/mol. The lowest BCUT2D eigenvalue weighted by Crippen LogP contribution is -2.37. The molecule has 0 bridgehead atoms. The topological polar surface area (TPSA) is 62.3 Å². The van der Waals surface area contributed by atoms with Gasteiger partial charge < -0.3 is 10.2 Å². The fourth-order valence-corrected chi connectivity index (χ4v) is 3.50. The number of nitrogens with one attached hydrogen (secondary N) is 1. The molecule has 0 radical (unpaired) electrons. The Labute approximate surface area is 131 Å². The highest BCUT2D eigenvalue weighted by Gasteiger charge is 2.38. The molecule has 1 saturated heterocycles. The van der Waals surface area contributed by atoms with E-state index in [0.717, 1.165) is 24.8 Å². The number of amides is 2. The minimum atomic E-state index is -0.175. The summed E-state index contributed by atoms with van der Waals surface area (Å²) < 4.78 is 0. The van der Waals surface area contributed by atoms with Crippen molar-refractivity contribution in [1.82, 2.24) is 15.2 Å². The van der Waals surface area contributed by atoms with Crippen LogP contribution in [-0.2, 0) is 16.0 Å². The number of carbonyl (C=O) groups excluding carboxylic acids is 2. The summed E-state index contributed by atoms with van der Waals surface area (Å²) in [4.78, 5) is 30.3. The number of nitrogens with zero attached hydrogens (tertiary/aromatic N) is 2. The van der Waals surface area contributed by atoms with Gasteiger partial charge in [0.15, 0.2) is 0 Å². The lowest BCUT2D eigenvalue weighted by molar-refractivity contribution is -0.130. The second-order valence-electron chi connectivity index (χ2n) is 6.28. The van der Waals surface area contributed by atoms with Crippen molar-refractivity contribution < 1.29 is 9.59 Å². The van der Waals surface area contributed by atoms with Crippen LogP contribution in [0.5, 0.6) is 0 Å². The van der Waals surface area contributed by atoms with Gasteiger partial charge in [-0.25, -0.2) is 0 Å². The van der Waals surface area contributed by atoms with Crippen molar-refractivity contribution in [2.45, 2.75) is 44.6 Å². The molecule has 1 N–H and O–H groups in total. The van der Waals surface area contributed by atoms with Gasteiger partial charge in [0, 0.05) is 37.9 Å². The first-order chi connectivity index (χ1) is 10.7. The van der Waals surface area contributed by atoms with Gasteiger partial charge in [-0.2, -0.15) is 0 Å². The number of hydrogen-bond donors (Lipinski definition) is 1. The number of likely N-dealkylation sites (tertiary alicyclic amines) is 1. The van der Waals surface area contributed by atoms with Gasteiger partial charge in [0.1, 0.15) is 0 Å². The van der Waals surface area contributed by atoms with Crippen molar-refractivity contribution in [3.63, 3.8) is 0 Å². The third-order valence-corrected chi connectivity index (χ3v) is 4.76. The van der Waals surface area contributed by atoms with Gasteiger partial charge in [-0.05, 0) is 37.0 Å². The van der Waals surface area contributed by atoms with Crippen molar-refractivity contribution in [3.05, 3.63) is 30.1 Å². The highest BCUT2D eigenvalue weighted by atomic mass is 16.2. The summed E-state index contributed by atoms with van der Waals surface area (Å²) in [5.41, 5.74) is 1.16. The molecule has 1 atom stereocenters. The average molecular weight is 301 g/mol. The predicted octanol–water partition coefficient (Wildman–Crippen LogP) is 1.53. The van der Waals surface area contributed by atoms with E-state index in [-0.39, 0.29) is 17.7 Å². The van der Waals surface area contributed by atoms with Gasteiger partial charge in [0.05, 0.1) is 5.92 Å². The first kappa shape index (κ1) is 15.0. The first-order valence-electron chi connectivity index (χ1n) is 8.20. The maximum absolute atomic E-state index is 12.2. The van der Waals surface area contributed by atoms with Crippen molar-refractivity contribution in [2.24, 2.45) is 5.92 Å². The number of pyridine rings is 1. The molecule has 2 amide bonds. The first-order valence-corrected chi connectivity index (χ1v) is 8.20. The molecular formula is C17H23N3O2. The molecule has 1 aromatic rings. The van der Waals surface area contributed by atoms with Gasteiger partial charge in [0.2, 0.25) is 11.8 Å². The number of hydrogen-bond acceptors (Lipinski definition) is 3. The van der Waals surface area contributed by atoms with E-state index in [1.165, 1.54) is 12.8 Å². The van der Waals surface area contributed by atoms with Crippen LogP contribution in [0.25, 0.3) is 0 Å². The van der Waals surface area contributed by atoms with Crippen molar-refractivity contribution in [1.29, 1.82) is 0 Å². The highest BCUT2D eigenvalue weighted by molar-refractivity contribution is 5.89. The molecule has 1 aliphatic carbocycles. The third-order valence-electron chi connectivity index (χ3n) is 4.76. The summed E-state index contributed by atoms with van der Waals surface area (Å²) in [7, 11) is 0. The van der Waals surface area contributed by atoms with Gasteiger partial charge in [-0.15, -0.1) is 0 Å². The maximum atomic E-state index is 12.2. The summed E-state index contributed by atoms with van der Waals surface area (Å²) in [5, 5.41) is 2.97. The molecule has 5 heteroatoms. The quantitative estimate of drug-likeness (QED) is 0.897. The van der Waals surface area contributed by atoms with Crippen LogP contribution in [0.3, 0.4) is 0 Å². The smallest absolute Gasteiger partial charge is 0.225 e. The normalized spacial score (nSPS) is 22.3. The number of aromatic nitrogens is 1. The molecule has 2 fully saturated rings. The van der Waals surface area contributed by atoms with Crippen molar-refractivity contribution in [3.8, 4) is 0 Å². The van der Waals surface area contributed by atoms with Crippen LogP contribution in [-0.4, -0.2) is 40.8 Å². The Bertz CT molecular complexity index is 526. The fraction of sp³-hybridized carbons (Fsp3) is 0.588. The van der Waals surface area contributed by atoms with Crippen LogP contribution in [0.15, 0.2) is 24.5 Å². The molecule has 2 aliphatic rings. The Balaban J connectivity index is 1.45. The third kappa shape index (κ3) is 3.46. The zero-order chi connectivity index (χ0) is 15.4. The molecule has 1 aromatic heterocycles. The maximum Gasteiger partial charge on any atom is 0.225 e. The zero-order valence-electron chi connectivity index (χ0n) is 12.8. The highest BCUT2D eigenvalue weighted by Crippen LogP contribution is 2.29. The molecule has 3 rings (SSSR count). The van der Waals surface area contributed by atoms with E-state index in [9.17, 15) is 9.59 Å². The van der Waals surface area contributed by atoms with Crippen molar-refractivity contribution >= 4 is 11.8 Å². The van der Waals surface area contributed by atoms with Crippen LogP contribution >= 0.6 is 0 Å². The lowest BCUT2D eigenvalue weighted by atomic mass is 10.1. The molecule has 0 spiro atoms. The van der Waals surface area contributed by atoms with Crippen LogP contribution in [0.1, 0.15) is 37.7 Å². The minimum Gasteiger partial charge on any atom is -0.355 e. The molecule has 5 nitrogen and oxygen atoms in total. The summed E-state index contributed by atoms with van der Waals surface area (Å²) in [6.07, 6.45) is 9.29. The second-order valence-corrected chi connectivity index (χ2v) is 6.28. The van der Waals surface area contributed by atoms with E-state index in [1.807, 2.05) is 17.0 Å². The summed E-state index contributed by atoms with van der Waals surface area (Å²) >= 11 is 0. The lowest BCUT2D eigenvalue weighted by Gasteiger charge is -2.23. The summed E-state index contributed by atoms with van der Waals surface area (Å²) in [6.45, 7) is 1.21. The Morgan fingerprint density at radius 2 is 2.00 bits per heavy atom. The molecule has 1 aliphatic heterocycles. The Morgan fingerprint density at radius 1 is 1.27 bits per heavy atom. The molecule has 22 heavy (non-hydrogen) atoms. The van der Waals surface area contributed by atoms with Crippen LogP contribution < -0.4 is 5.32 Å². The second kappa shape index (κ2) is 6.90. The molecule has 2 heterocycles. The fourth-order valence-electron chi connectivity index (χ4n) is 3.50. The predicted molar refractivity (Wildman–Crippen MR) is 83.0 cm³/mol. The standard InChI is InChI=1S/C17H23N3O2/c21-16-11-14(12-20(16)15-3-1-2-4-15)17(22)19-10-7-13-5-8-18-9-6-13/h5-6,8-9,14-15H,1-4,7,10-12H2,(H,19,22)/t14-/m0/s1. The van der Waals surface area contributed by atoms with E-state index >= 15 is 0 Å².